The van der Waals surface area contributed by atoms with Crippen LogP contribution >= 0.6 is 35.0 Å². The predicted octanol–water partition coefficient (Wildman–Crippen LogP) is 2.38. The summed E-state index contributed by atoms with van der Waals surface area (Å²) < 4.78 is 34.1. The molecule has 0 aromatic rings. The first-order chi connectivity index (χ1) is 5.76. The van der Waals surface area contributed by atoms with Gasteiger partial charge in [-0.1, -0.05) is 23.4 Å². The molecular formula is C5H2Cl2F3NOS. The summed E-state index contributed by atoms with van der Waals surface area (Å²) in [6, 6.07) is 0. The lowest BCUT2D eigenvalue weighted by Gasteiger charge is -2.18. The highest BCUT2D eigenvalue weighted by Crippen LogP contribution is 2.42. The summed E-state index contributed by atoms with van der Waals surface area (Å²) >= 11 is 10.9. The highest BCUT2D eigenvalue weighted by Gasteiger charge is 2.47. The molecule has 0 aromatic heterocycles. The Labute approximate surface area is 85.4 Å². The zero-order valence-electron chi connectivity index (χ0n) is 5.78. The molecule has 0 fully saturated rings. The summed E-state index contributed by atoms with van der Waals surface area (Å²) in [4.78, 5) is 10.6. The van der Waals surface area contributed by atoms with Crippen LogP contribution in [0, 0.1) is 0 Å². The van der Waals surface area contributed by atoms with Gasteiger partial charge in [0, 0.05) is 5.41 Å². The highest BCUT2D eigenvalue weighted by atomic mass is 35.5. The Hall–Kier alpha value is -0.0700. The van der Waals surface area contributed by atoms with E-state index < -0.39 is 21.4 Å². The minimum atomic E-state index is -4.55. The molecule has 0 bridgehead atoms. The third-order valence-electron chi connectivity index (χ3n) is 1.19. The molecule has 0 aliphatic carbocycles. The lowest BCUT2D eigenvalue weighted by atomic mass is 10.4. The number of hydrogen-bond donors (Lipinski definition) is 1. The summed E-state index contributed by atoms with van der Waals surface area (Å²) in [6.45, 7) is 0. The minimum absolute atomic E-state index is 0.479. The molecule has 13 heavy (non-hydrogen) atoms. The molecule has 1 heterocycles. The smallest absolute Gasteiger partial charge is 0.346 e. The Balaban J connectivity index is 2.77. The summed E-state index contributed by atoms with van der Waals surface area (Å²) in [5.74, 6) is 0. The third kappa shape index (κ3) is 2.24. The summed E-state index contributed by atoms with van der Waals surface area (Å²) in [5, 5.41) is 1.42. The first-order valence-corrected chi connectivity index (χ1v) is 4.51. The van der Waals surface area contributed by atoms with Crippen molar-refractivity contribution < 1.29 is 18.0 Å². The molecule has 8 heteroatoms. The van der Waals surface area contributed by atoms with Gasteiger partial charge in [0.25, 0.3) is 5.24 Å². The first-order valence-electron chi connectivity index (χ1n) is 2.88. The maximum Gasteiger partial charge on any atom is 0.431 e. The van der Waals surface area contributed by atoms with E-state index in [9.17, 15) is 18.0 Å². The van der Waals surface area contributed by atoms with Crippen LogP contribution in [0.1, 0.15) is 0 Å². The number of allylic oxidation sites excluding steroid dienone is 1. The average Bonchev–Trinajstić information content (AvgIpc) is 2.31. The Morgan fingerprint density at radius 1 is 1.62 bits per heavy atom. The average molecular weight is 252 g/mol. The predicted molar refractivity (Wildman–Crippen MR) is 44.3 cm³/mol. The van der Waals surface area contributed by atoms with Crippen molar-refractivity contribution >= 4 is 40.2 Å². The number of rotatable bonds is 1. The fourth-order valence-corrected chi connectivity index (χ4v) is 1.76. The molecule has 2 nitrogen and oxygen atoms in total. The molecule has 1 unspecified atom stereocenters. The fourth-order valence-electron chi connectivity index (χ4n) is 0.605. The summed E-state index contributed by atoms with van der Waals surface area (Å²) in [5.41, 5.74) is -1.07. The van der Waals surface area contributed by atoms with E-state index in [0.717, 1.165) is 0 Å². The van der Waals surface area contributed by atoms with Crippen molar-refractivity contribution in [2.24, 2.45) is 0 Å². The molecule has 1 atom stereocenters. The Morgan fingerprint density at radius 2 is 2.15 bits per heavy atom. The topological polar surface area (TPSA) is 29.1 Å². The van der Waals surface area contributed by atoms with Gasteiger partial charge < -0.3 is 5.32 Å². The molecular weight excluding hydrogens is 250 g/mol. The van der Waals surface area contributed by atoms with Crippen LogP contribution in [0.5, 0.6) is 0 Å². The second-order valence-electron chi connectivity index (χ2n) is 2.14. The van der Waals surface area contributed by atoms with Crippen LogP contribution in [0.3, 0.4) is 0 Å². The molecule has 1 aliphatic heterocycles. The van der Waals surface area contributed by atoms with Gasteiger partial charge in [-0.3, -0.25) is 4.79 Å². The van der Waals surface area contributed by atoms with Gasteiger partial charge in [0.15, 0.2) is 0 Å². The van der Waals surface area contributed by atoms with E-state index in [4.69, 9.17) is 23.2 Å². The lowest BCUT2D eigenvalue weighted by Crippen LogP contribution is -2.40. The van der Waals surface area contributed by atoms with E-state index in [1.807, 2.05) is 0 Å². The van der Waals surface area contributed by atoms with E-state index in [2.05, 4.69) is 0 Å². The van der Waals surface area contributed by atoms with E-state index in [1.165, 1.54) is 0 Å². The first kappa shape index (κ1) is 11.0. The van der Waals surface area contributed by atoms with Crippen LogP contribution in [-0.2, 0) is 4.79 Å². The van der Waals surface area contributed by atoms with Crippen molar-refractivity contribution in [3.05, 3.63) is 11.1 Å². The number of alkyl halides is 4. The summed E-state index contributed by atoms with van der Waals surface area (Å²) in [6.07, 6.45) is -4.55. The van der Waals surface area contributed by atoms with Gasteiger partial charge >= 0.3 is 6.18 Å². The quantitative estimate of drug-likeness (QED) is 0.441. The number of nitrogens with one attached hydrogen (secondary N) is 1. The largest absolute Gasteiger partial charge is 0.431 e. The van der Waals surface area contributed by atoms with Crippen LogP contribution in [0.15, 0.2) is 11.1 Å². The fraction of sp³-hybridized carbons (Fsp3) is 0.400. The minimum Gasteiger partial charge on any atom is -0.346 e. The van der Waals surface area contributed by atoms with Crippen LogP contribution in [-0.4, -0.2) is 15.7 Å². The number of hydrogen-bond acceptors (Lipinski definition) is 3. The van der Waals surface area contributed by atoms with Crippen molar-refractivity contribution in [2.45, 2.75) is 10.5 Å². The highest BCUT2D eigenvalue weighted by molar-refractivity contribution is 8.05. The van der Waals surface area contributed by atoms with Crippen LogP contribution < -0.4 is 5.32 Å². The van der Waals surface area contributed by atoms with Gasteiger partial charge in [-0.15, -0.1) is 0 Å². The third-order valence-corrected chi connectivity index (χ3v) is 3.18. The zero-order chi connectivity index (χ0) is 10.3. The standard InChI is InChI=1S/C5H2Cl2F3NOS/c6-3(12)4(7)11-2(1-13-4)5(8,9)10/h1,11H. The van der Waals surface area contributed by atoms with Crippen molar-refractivity contribution in [2.75, 3.05) is 0 Å². The van der Waals surface area contributed by atoms with Gasteiger partial charge in [0.05, 0.1) is 0 Å². The molecule has 0 radical (unpaired) electrons. The monoisotopic (exact) mass is 251 g/mol. The van der Waals surface area contributed by atoms with Crippen LogP contribution in [0.2, 0.25) is 0 Å². The van der Waals surface area contributed by atoms with E-state index in [1.54, 1.807) is 5.32 Å². The number of carbonyl (C=O) groups is 1. The SMILES string of the molecule is O=C(Cl)C1(Cl)NC(C(F)(F)F)=CS1. The van der Waals surface area contributed by atoms with Gasteiger partial charge in [0.1, 0.15) is 5.70 Å². The Kier molecular flexibility index (Phi) is 2.75. The number of halogens is 5. The maximum atomic E-state index is 12.0. The molecule has 1 N–H and O–H groups in total. The maximum absolute atomic E-state index is 12.0. The van der Waals surface area contributed by atoms with Crippen molar-refractivity contribution in [1.82, 2.24) is 5.32 Å². The molecule has 0 amide bonds. The van der Waals surface area contributed by atoms with E-state index >= 15 is 0 Å². The van der Waals surface area contributed by atoms with Crippen molar-refractivity contribution in [3.8, 4) is 0 Å². The normalized spacial score (nSPS) is 28.2. The summed E-state index contributed by atoms with van der Waals surface area (Å²) in [7, 11) is 0. The van der Waals surface area contributed by atoms with Gasteiger partial charge in [-0.05, 0) is 11.6 Å². The second kappa shape index (κ2) is 3.25. The molecule has 1 aliphatic rings. The number of thioether (sulfide) groups is 1. The lowest BCUT2D eigenvalue weighted by molar-refractivity contribution is -0.113. The van der Waals surface area contributed by atoms with E-state index in [-0.39, 0.29) is 0 Å². The van der Waals surface area contributed by atoms with Crippen molar-refractivity contribution in [3.63, 3.8) is 0 Å². The van der Waals surface area contributed by atoms with Crippen LogP contribution in [0.25, 0.3) is 0 Å². The van der Waals surface area contributed by atoms with E-state index in [0.29, 0.717) is 17.2 Å². The van der Waals surface area contributed by atoms with Gasteiger partial charge in [-0.2, -0.15) is 13.2 Å². The Bertz CT molecular complexity index is 279. The second-order valence-corrected chi connectivity index (χ2v) is 4.36. The molecule has 0 spiro atoms. The Morgan fingerprint density at radius 3 is 2.38 bits per heavy atom. The zero-order valence-corrected chi connectivity index (χ0v) is 8.11. The molecule has 74 valence electrons. The van der Waals surface area contributed by atoms with Gasteiger partial charge in [-0.25, -0.2) is 0 Å². The molecule has 1 rings (SSSR count). The van der Waals surface area contributed by atoms with Gasteiger partial charge in [0.2, 0.25) is 4.33 Å². The van der Waals surface area contributed by atoms with Crippen LogP contribution in [0.4, 0.5) is 13.2 Å². The van der Waals surface area contributed by atoms with Crippen molar-refractivity contribution in [1.29, 1.82) is 0 Å². The molecule has 0 saturated carbocycles. The molecule has 0 saturated heterocycles. The molecule has 0 aromatic carbocycles. The number of carbonyl (C=O) groups excluding carboxylic acids is 1.